The smallest absolute Gasteiger partial charge is 0.187 e. The van der Waals surface area contributed by atoms with E-state index >= 15 is 0 Å². The van der Waals surface area contributed by atoms with Crippen LogP contribution < -0.4 is 0 Å². The molecule has 0 bridgehead atoms. The fourth-order valence-electron chi connectivity index (χ4n) is 2.02. The molecule has 0 aliphatic carbocycles. The van der Waals surface area contributed by atoms with Crippen molar-refractivity contribution < 1.29 is 27.8 Å². The Hall–Kier alpha value is -2.24. The van der Waals surface area contributed by atoms with Gasteiger partial charge in [-0.25, -0.2) is 17.6 Å². The van der Waals surface area contributed by atoms with Gasteiger partial charge in [0.1, 0.15) is 0 Å². The number of rotatable bonds is 2. The largest absolute Gasteiger partial charge is 0.503 e. The van der Waals surface area contributed by atoms with Crippen molar-refractivity contribution in [3.05, 3.63) is 58.7 Å². The van der Waals surface area contributed by atoms with E-state index in [-0.39, 0.29) is 11.1 Å². The van der Waals surface area contributed by atoms with Crippen molar-refractivity contribution in [1.29, 1.82) is 0 Å². The van der Waals surface area contributed by atoms with Gasteiger partial charge in [-0.05, 0) is 35.4 Å². The van der Waals surface area contributed by atoms with E-state index in [0.29, 0.717) is 0 Å². The lowest BCUT2D eigenvalue weighted by Crippen LogP contribution is -2.20. The highest BCUT2D eigenvalue weighted by Gasteiger charge is 2.28. The molecule has 0 aliphatic heterocycles. The Balaban J connectivity index is 2.61. The molecule has 0 aliphatic rings. The summed E-state index contributed by atoms with van der Waals surface area (Å²) in [6.07, 6.45) is 0. The number of benzene rings is 2. The molecule has 6 heteroatoms. The molecular formula is C15H12F4O2. The minimum absolute atomic E-state index is 0.0831. The number of hydrogen-bond acceptors (Lipinski definition) is 2. The Labute approximate surface area is 118 Å². The lowest BCUT2D eigenvalue weighted by atomic mass is 9.78. The number of halogens is 4. The third-order valence-corrected chi connectivity index (χ3v) is 3.48. The second-order valence-corrected chi connectivity index (χ2v) is 5.20. The van der Waals surface area contributed by atoms with Crippen LogP contribution in [0.4, 0.5) is 17.6 Å². The quantitative estimate of drug-likeness (QED) is 0.824. The lowest BCUT2D eigenvalue weighted by molar-refractivity contribution is 0.390. The number of hydrogen-bond donors (Lipinski definition) is 2. The molecule has 2 rings (SSSR count). The second-order valence-electron chi connectivity index (χ2n) is 5.20. The third-order valence-electron chi connectivity index (χ3n) is 3.48. The van der Waals surface area contributed by atoms with Gasteiger partial charge in [0.15, 0.2) is 34.8 Å². The zero-order valence-corrected chi connectivity index (χ0v) is 11.2. The molecule has 0 saturated heterocycles. The van der Waals surface area contributed by atoms with Gasteiger partial charge in [-0.3, -0.25) is 0 Å². The van der Waals surface area contributed by atoms with E-state index in [1.165, 1.54) is 13.8 Å². The summed E-state index contributed by atoms with van der Waals surface area (Å²) in [4.78, 5) is 0. The molecule has 0 heterocycles. The second kappa shape index (κ2) is 4.95. The Bertz CT molecular complexity index is 605. The number of phenols is 2. The molecule has 21 heavy (non-hydrogen) atoms. The van der Waals surface area contributed by atoms with E-state index in [9.17, 15) is 17.6 Å². The molecule has 2 aromatic rings. The highest BCUT2D eigenvalue weighted by Crippen LogP contribution is 2.36. The van der Waals surface area contributed by atoms with Crippen LogP contribution in [0.3, 0.4) is 0 Å². The summed E-state index contributed by atoms with van der Waals surface area (Å²) in [5.74, 6) is -6.90. The van der Waals surface area contributed by atoms with Crippen molar-refractivity contribution in [2.45, 2.75) is 19.3 Å². The van der Waals surface area contributed by atoms with Crippen LogP contribution in [0.5, 0.6) is 11.5 Å². The summed E-state index contributed by atoms with van der Waals surface area (Å²) >= 11 is 0. The van der Waals surface area contributed by atoms with Crippen LogP contribution in [-0.2, 0) is 5.41 Å². The van der Waals surface area contributed by atoms with Crippen LogP contribution in [0.25, 0.3) is 0 Å². The summed E-state index contributed by atoms with van der Waals surface area (Å²) in [6.45, 7) is 3.01. The maximum absolute atomic E-state index is 13.4. The molecule has 0 spiro atoms. The molecule has 0 fully saturated rings. The van der Waals surface area contributed by atoms with Crippen LogP contribution in [0.2, 0.25) is 0 Å². The third kappa shape index (κ3) is 2.53. The summed E-state index contributed by atoms with van der Waals surface area (Å²) in [5, 5.41) is 18.2. The molecule has 2 nitrogen and oxygen atoms in total. The molecule has 2 N–H and O–H groups in total. The van der Waals surface area contributed by atoms with Gasteiger partial charge >= 0.3 is 0 Å². The number of phenolic OH excluding ortho intramolecular Hbond substituents is 2. The fraction of sp³-hybridized carbons (Fsp3) is 0.200. The summed E-state index contributed by atoms with van der Waals surface area (Å²) < 4.78 is 53.7. The average molecular weight is 300 g/mol. The molecule has 0 aromatic heterocycles. The molecule has 2 aromatic carbocycles. The van der Waals surface area contributed by atoms with Crippen molar-refractivity contribution in [2.24, 2.45) is 0 Å². The minimum atomic E-state index is -1.17. The van der Waals surface area contributed by atoms with E-state index in [4.69, 9.17) is 10.2 Å². The number of aromatic hydroxyl groups is 2. The monoisotopic (exact) mass is 300 g/mol. The van der Waals surface area contributed by atoms with Crippen LogP contribution >= 0.6 is 0 Å². The van der Waals surface area contributed by atoms with Gasteiger partial charge in [0.05, 0.1) is 0 Å². The van der Waals surface area contributed by atoms with Gasteiger partial charge < -0.3 is 10.2 Å². The summed E-state index contributed by atoms with van der Waals surface area (Å²) in [7, 11) is 0. The van der Waals surface area contributed by atoms with E-state index in [1.807, 2.05) is 0 Å². The van der Waals surface area contributed by atoms with E-state index in [2.05, 4.69) is 0 Å². The van der Waals surface area contributed by atoms with Gasteiger partial charge in [-0.1, -0.05) is 13.8 Å². The zero-order valence-electron chi connectivity index (χ0n) is 11.2. The Morgan fingerprint density at radius 2 is 0.905 bits per heavy atom. The average Bonchev–Trinajstić information content (AvgIpc) is 2.40. The normalized spacial score (nSPS) is 11.7. The maximum atomic E-state index is 13.4. The molecule has 0 amide bonds. The highest BCUT2D eigenvalue weighted by molar-refractivity contribution is 5.43. The lowest BCUT2D eigenvalue weighted by Gasteiger charge is -2.26. The van der Waals surface area contributed by atoms with E-state index in [0.717, 1.165) is 24.3 Å². The minimum Gasteiger partial charge on any atom is -0.503 e. The first-order valence-electron chi connectivity index (χ1n) is 6.01. The van der Waals surface area contributed by atoms with E-state index < -0.39 is 40.2 Å². The van der Waals surface area contributed by atoms with Gasteiger partial charge in [-0.15, -0.1) is 0 Å². The Kier molecular flexibility index (Phi) is 3.57. The van der Waals surface area contributed by atoms with Crippen molar-refractivity contribution in [3.8, 4) is 11.5 Å². The first-order chi connectivity index (χ1) is 9.64. The standard InChI is InChI=1S/C15H12F4O2/c1-15(2,7-3-9(16)13(20)10(17)4-7)8-5-11(18)14(21)12(19)6-8/h3-6,20-21H,1-2H3. The van der Waals surface area contributed by atoms with Crippen molar-refractivity contribution in [2.75, 3.05) is 0 Å². The molecule has 0 atom stereocenters. The fourth-order valence-corrected chi connectivity index (χ4v) is 2.02. The van der Waals surface area contributed by atoms with Crippen molar-refractivity contribution in [3.63, 3.8) is 0 Å². The van der Waals surface area contributed by atoms with Crippen LogP contribution in [0.1, 0.15) is 25.0 Å². The van der Waals surface area contributed by atoms with Crippen molar-refractivity contribution in [1.82, 2.24) is 0 Å². The summed E-state index contributed by atoms with van der Waals surface area (Å²) in [5.41, 5.74) is -0.982. The van der Waals surface area contributed by atoms with Gasteiger partial charge in [-0.2, -0.15) is 0 Å². The Morgan fingerprint density at radius 3 is 1.14 bits per heavy atom. The maximum Gasteiger partial charge on any atom is 0.187 e. The SMILES string of the molecule is CC(C)(c1cc(F)c(O)c(F)c1)c1cc(F)c(O)c(F)c1. The van der Waals surface area contributed by atoms with Crippen molar-refractivity contribution >= 4 is 0 Å². The molecular weight excluding hydrogens is 288 g/mol. The topological polar surface area (TPSA) is 40.5 Å². The van der Waals surface area contributed by atoms with Gasteiger partial charge in [0.2, 0.25) is 0 Å². The Morgan fingerprint density at radius 1 is 0.667 bits per heavy atom. The van der Waals surface area contributed by atoms with Crippen LogP contribution in [-0.4, -0.2) is 10.2 Å². The summed E-state index contributed by atoms with van der Waals surface area (Å²) in [6, 6.07) is 3.56. The zero-order chi connectivity index (χ0) is 15.9. The van der Waals surface area contributed by atoms with E-state index in [1.54, 1.807) is 0 Å². The van der Waals surface area contributed by atoms with Crippen LogP contribution in [0, 0.1) is 23.3 Å². The molecule has 0 unspecified atom stereocenters. The van der Waals surface area contributed by atoms with Crippen LogP contribution in [0.15, 0.2) is 24.3 Å². The molecule has 0 saturated carbocycles. The predicted molar refractivity (Wildman–Crippen MR) is 68.2 cm³/mol. The predicted octanol–water partition coefficient (Wildman–Crippen LogP) is 3.98. The van der Waals surface area contributed by atoms with Gasteiger partial charge in [0, 0.05) is 5.41 Å². The molecule has 112 valence electrons. The first-order valence-corrected chi connectivity index (χ1v) is 6.01. The molecule has 0 radical (unpaired) electrons. The first kappa shape index (κ1) is 15.2. The van der Waals surface area contributed by atoms with Gasteiger partial charge in [0.25, 0.3) is 0 Å². The highest BCUT2D eigenvalue weighted by atomic mass is 19.1.